The average molecular weight is 318 g/mol. The van der Waals surface area contributed by atoms with Gasteiger partial charge in [0.15, 0.2) is 0 Å². The number of rotatable bonds is 10. The van der Waals surface area contributed by atoms with E-state index in [9.17, 15) is 9.90 Å². The van der Waals surface area contributed by atoms with E-state index in [0.29, 0.717) is 19.6 Å². The van der Waals surface area contributed by atoms with E-state index in [1.807, 2.05) is 27.7 Å². The summed E-state index contributed by atoms with van der Waals surface area (Å²) in [4.78, 5) is 11.5. The highest BCUT2D eigenvalue weighted by atomic mass is 16.6. The molecule has 6 nitrogen and oxygen atoms in total. The van der Waals surface area contributed by atoms with Gasteiger partial charge in [-0.1, -0.05) is 0 Å². The number of alkyl carbamates (subject to hydrolysis) is 1. The number of nitrogens with one attached hydrogen (secondary N) is 2. The van der Waals surface area contributed by atoms with Crippen LogP contribution in [0, 0.1) is 0 Å². The summed E-state index contributed by atoms with van der Waals surface area (Å²) in [6.07, 6.45) is 1.72. The Labute approximate surface area is 134 Å². The highest BCUT2D eigenvalue weighted by Gasteiger charge is 2.16. The Balaban J connectivity index is 3.97. The summed E-state index contributed by atoms with van der Waals surface area (Å²) < 4.78 is 10.4. The largest absolute Gasteiger partial charge is 0.444 e. The Morgan fingerprint density at radius 2 is 1.91 bits per heavy atom. The van der Waals surface area contributed by atoms with Crippen LogP contribution in [0.15, 0.2) is 0 Å². The number of hydrogen-bond donors (Lipinski definition) is 3. The first kappa shape index (κ1) is 21.1. The Morgan fingerprint density at radius 3 is 2.41 bits per heavy atom. The number of amides is 1. The summed E-state index contributed by atoms with van der Waals surface area (Å²) in [6, 6.07) is 0.429. The molecule has 0 fully saturated rings. The fourth-order valence-corrected chi connectivity index (χ4v) is 2.25. The molecule has 3 unspecified atom stereocenters. The first-order valence-corrected chi connectivity index (χ1v) is 8.04. The number of aliphatic hydroxyl groups is 1. The number of carbonyl (C=O) groups excluding carboxylic acids is 1. The molecule has 0 aliphatic rings. The third-order valence-electron chi connectivity index (χ3n) is 2.98. The molecule has 0 bridgehead atoms. The molecule has 0 radical (unpaired) electrons. The fourth-order valence-electron chi connectivity index (χ4n) is 2.25. The lowest BCUT2D eigenvalue weighted by atomic mass is 10.1. The molecule has 6 heteroatoms. The molecule has 0 heterocycles. The van der Waals surface area contributed by atoms with E-state index in [-0.39, 0.29) is 24.3 Å². The van der Waals surface area contributed by atoms with E-state index in [1.165, 1.54) is 0 Å². The molecule has 0 aromatic heterocycles. The van der Waals surface area contributed by atoms with Gasteiger partial charge in [-0.25, -0.2) is 4.79 Å². The molecule has 0 saturated carbocycles. The monoisotopic (exact) mass is 318 g/mol. The number of ether oxygens (including phenoxy) is 2. The smallest absolute Gasteiger partial charge is 0.407 e. The van der Waals surface area contributed by atoms with Gasteiger partial charge in [0.05, 0.1) is 12.7 Å². The molecular formula is C16H34N2O4. The quantitative estimate of drug-likeness (QED) is 0.537. The summed E-state index contributed by atoms with van der Waals surface area (Å²) in [5, 5.41) is 15.6. The Bertz CT molecular complexity index is 303. The molecule has 0 rings (SSSR count). The molecule has 3 N–H and O–H groups in total. The van der Waals surface area contributed by atoms with Crippen LogP contribution in [0.1, 0.15) is 53.9 Å². The van der Waals surface area contributed by atoms with E-state index >= 15 is 0 Å². The average Bonchev–Trinajstić information content (AvgIpc) is 2.31. The normalized spacial score (nSPS) is 16.0. The first-order chi connectivity index (χ1) is 10.1. The van der Waals surface area contributed by atoms with Crippen molar-refractivity contribution in [2.45, 2.75) is 77.7 Å². The van der Waals surface area contributed by atoms with Crippen LogP contribution in [0.3, 0.4) is 0 Å². The van der Waals surface area contributed by atoms with Crippen LogP contribution in [0.2, 0.25) is 0 Å². The van der Waals surface area contributed by atoms with Crippen LogP contribution in [0.5, 0.6) is 0 Å². The Hall–Kier alpha value is -0.850. The second kappa shape index (κ2) is 10.8. The highest BCUT2D eigenvalue weighted by molar-refractivity contribution is 5.67. The molecule has 0 aromatic carbocycles. The first-order valence-electron chi connectivity index (χ1n) is 8.04. The molecule has 22 heavy (non-hydrogen) atoms. The summed E-state index contributed by atoms with van der Waals surface area (Å²) in [7, 11) is 1.67. The van der Waals surface area contributed by atoms with Crippen molar-refractivity contribution in [1.29, 1.82) is 0 Å². The molecule has 0 aromatic rings. The third-order valence-corrected chi connectivity index (χ3v) is 2.98. The summed E-state index contributed by atoms with van der Waals surface area (Å²) in [5.41, 5.74) is -0.472. The van der Waals surface area contributed by atoms with Crippen LogP contribution in [0.25, 0.3) is 0 Å². The van der Waals surface area contributed by atoms with Crippen molar-refractivity contribution in [1.82, 2.24) is 10.6 Å². The second-order valence-corrected chi connectivity index (χ2v) is 6.88. The molecule has 1 amide bonds. The van der Waals surface area contributed by atoms with Crippen molar-refractivity contribution in [3.63, 3.8) is 0 Å². The third kappa shape index (κ3) is 12.9. The van der Waals surface area contributed by atoms with Crippen molar-refractivity contribution in [3.8, 4) is 0 Å². The summed E-state index contributed by atoms with van der Waals surface area (Å²) >= 11 is 0. The highest BCUT2D eigenvalue weighted by Crippen LogP contribution is 2.07. The number of aliphatic hydroxyl groups excluding tert-OH is 1. The van der Waals surface area contributed by atoms with E-state index in [2.05, 4.69) is 10.6 Å². The molecule has 0 spiro atoms. The fraction of sp³-hybridized carbons (Fsp3) is 0.938. The minimum atomic E-state index is -0.472. The molecule has 132 valence electrons. The minimum absolute atomic E-state index is 0.208. The molecular weight excluding hydrogens is 284 g/mol. The van der Waals surface area contributed by atoms with Crippen molar-refractivity contribution < 1.29 is 19.4 Å². The molecule has 3 atom stereocenters. The van der Waals surface area contributed by atoms with Gasteiger partial charge in [0.1, 0.15) is 5.60 Å². The van der Waals surface area contributed by atoms with Gasteiger partial charge in [-0.15, -0.1) is 0 Å². The number of carbonyl (C=O) groups is 1. The van der Waals surface area contributed by atoms with Gasteiger partial charge in [-0.2, -0.15) is 0 Å². The van der Waals surface area contributed by atoms with E-state index in [1.54, 1.807) is 14.0 Å². The van der Waals surface area contributed by atoms with Gasteiger partial charge in [0.25, 0.3) is 0 Å². The number of hydrogen-bond acceptors (Lipinski definition) is 5. The summed E-state index contributed by atoms with van der Waals surface area (Å²) in [5.74, 6) is 0. The van der Waals surface area contributed by atoms with E-state index in [0.717, 1.165) is 12.8 Å². The van der Waals surface area contributed by atoms with Crippen molar-refractivity contribution >= 4 is 6.09 Å². The van der Waals surface area contributed by atoms with E-state index in [4.69, 9.17) is 9.47 Å². The van der Waals surface area contributed by atoms with Gasteiger partial charge < -0.3 is 25.2 Å². The van der Waals surface area contributed by atoms with Crippen LogP contribution in [-0.2, 0) is 9.47 Å². The van der Waals surface area contributed by atoms with Crippen LogP contribution in [-0.4, -0.2) is 55.2 Å². The predicted molar refractivity (Wildman–Crippen MR) is 88.0 cm³/mol. The summed E-state index contributed by atoms with van der Waals surface area (Å²) in [6.45, 7) is 10.5. The maximum Gasteiger partial charge on any atom is 0.407 e. The second-order valence-electron chi connectivity index (χ2n) is 6.88. The zero-order valence-electron chi connectivity index (χ0n) is 14.9. The van der Waals surface area contributed by atoms with Crippen molar-refractivity contribution in [3.05, 3.63) is 0 Å². The number of methoxy groups -OCH3 is 1. The lowest BCUT2D eigenvalue weighted by molar-refractivity contribution is 0.0525. The van der Waals surface area contributed by atoms with Gasteiger partial charge in [-0.05, 0) is 53.9 Å². The Kier molecular flexibility index (Phi) is 10.4. The van der Waals surface area contributed by atoms with Crippen LogP contribution >= 0.6 is 0 Å². The van der Waals surface area contributed by atoms with Crippen molar-refractivity contribution in [2.75, 3.05) is 20.3 Å². The van der Waals surface area contributed by atoms with Gasteiger partial charge in [0.2, 0.25) is 0 Å². The van der Waals surface area contributed by atoms with Crippen LogP contribution in [0.4, 0.5) is 4.79 Å². The predicted octanol–water partition coefficient (Wildman–Crippen LogP) is 2.06. The molecule has 0 aliphatic carbocycles. The van der Waals surface area contributed by atoms with E-state index < -0.39 is 5.60 Å². The Morgan fingerprint density at radius 1 is 1.27 bits per heavy atom. The maximum atomic E-state index is 11.5. The molecule has 0 saturated heterocycles. The van der Waals surface area contributed by atoms with Gasteiger partial charge in [-0.3, -0.25) is 0 Å². The topological polar surface area (TPSA) is 79.8 Å². The lowest BCUT2D eigenvalue weighted by Gasteiger charge is -2.24. The zero-order chi connectivity index (χ0) is 17.2. The van der Waals surface area contributed by atoms with Crippen LogP contribution < -0.4 is 10.6 Å². The van der Waals surface area contributed by atoms with Gasteiger partial charge in [0, 0.05) is 25.7 Å². The van der Waals surface area contributed by atoms with Gasteiger partial charge >= 0.3 is 6.09 Å². The van der Waals surface area contributed by atoms with Crippen molar-refractivity contribution in [2.24, 2.45) is 0 Å². The minimum Gasteiger partial charge on any atom is -0.444 e. The zero-order valence-corrected chi connectivity index (χ0v) is 14.9. The molecule has 0 aliphatic heterocycles. The SMILES string of the molecule is COCC(CCCNC(=O)OC(C)(C)C)NC(C)CC(C)O. The standard InChI is InChI=1S/C16H34N2O4/c1-12(10-13(2)19)18-14(11-21-6)8-7-9-17-15(20)22-16(3,4)5/h12-14,18-19H,7-11H2,1-6H3,(H,17,20). The lowest BCUT2D eigenvalue weighted by Crippen LogP contribution is -2.41. The maximum absolute atomic E-state index is 11.5.